The normalized spacial score (nSPS) is 19.5. The Bertz CT molecular complexity index is 684. The van der Waals surface area contributed by atoms with E-state index in [4.69, 9.17) is 12.2 Å². The van der Waals surface area contributed by atoms with E-state index in [2.05, 4.69) is 15.5 Å². The summed E-state index contributed by atoms with van der Waals surface area (Å²) >= 11 is 5.17. The summed E-state index contributed by atoms with van der Waals surface area (Å²) in [5, 5.41) is 9.95. The predicted octanol–water partition coefficient (Wildman–Crippen LogP) is 2.27. The van der Waals surface area contributed by atoms with Crippen LogP contribution in [0.2, 0.25) is 0 Å². The molecular formula is C18H29N5O2S. The number of nitrogens with one attached hydrogen (secondary N) is 2. The van der Waals surface area contributed by atoms with Gasteiger partial charge in [-0.1, -0.05) is 19.3 Å². The third-order valence-corrected chi connectivity index (χ3v) is 6.13. The smallest absolute Gasteiger partial charge is 0.241 e. The number of likely N-dealkylation sites (tertiary alicyclic amines) is 1. The molecule has 0 atom stereocenters. The summed E-state index contributed by atoms with van der Waals surface area (Å²) in [4.78, 5) is 26.3. The standard InChI is InChI=1S/C18H29N5O2S/c1-22-17(20-21-18(22)26)14-7-9-23(10-8-14)16(25)12-19-15(24)11-13-5-3-2-4-6-13/h13-14H,2-12H2,1H3,(H,19,24)(H,21,26). The fourth-order valence-electron chi connectivity index (χ4n) is 4.12. The number of carbonyl (C=O) groups excluding carboxylic acids is 2. The maximum absolute atomic E-state index is 12.4. The second-order valence-corrected chi connectivity index (χ2v) is 7.97. The zero-order valence-corrected chi connectivity index (χ0v) is 16.3. The minimum Gasteiger partial charge on any atom is -0.347 e. The minimum absolute atomic E-state index is 0.0100. The number of piperidine rings is 1. The van der Waals surface area contributed by atoms with Crippen LogP contribution in [-0.2, 0) is 16.6 Å². The molecule has 144 valence electrons. The zero-order chi connectivity index (χ0) is 18.5. The molecule has 0 radical (unpaired) electrons. The molecular weight excluding hydrogens is 350 g/mol. The van der Waals surface area contributed by atoms with Crippen molar-refractivity contribution >= 4 is 24.0 Å². The average Bonchev–Trinajstić information content (AvgIpc) is 2.99. The molecule has 2 amide bonds. The van der Waals surface area contributed by atoms with Crippen molar-refractivity contribution in [3.05, 3.63) is 10.6 Å². The van der Waals surface area contributed by atoms with Crippen molar-refractivity contribution < 1.29 is 9.59 Å². The van der Waals surface area contributed by atoms with Gasteiger partial charge in [0.1, 0.15) is 5.82 Å². The molecule has 2 heterocycles. The number of hydrogen-bond donors (Lipinski definition) is 2. The van der Waals surface area contributed by atoms with Crippen molar-refractivity contribution in [1.82, 2.24) is 25.0 Å². The number of carbonyl (C=O) groups is 2. The fourth-order valence-corrected chi connectivity index (χ4v) is 4.26. The quantitative estimate of drug-likeness (QED) is 0.769. The van der Waals surface area contributed by atoms with Crippen LogP contribution in [0.5, 0.6) is 0 Å². The summed E-state index contributed by atoms with van der Waals surface area (Å²) in [5.74, 6) is 1.80. The molecule has 0 spiro atoms. The Morgan fingerprint density at radius 1 is 1.19 bits per heavy atom. The highest BCUT2D eigenvalue weighted by molar-refractivity contribution is 7.71. The molecule has 0 unspecified atom stereocenters. The number of aromatic amines is 1. The van der Waals surface area contributed by atoms with Crippen LogP contribution in [0.15, 0.2) is 0 Å². The molecule has 2 aliphatic rings. The van der Waals surface area contributed by atoms with E-state index in [1.54, 1.807) is 0 Å². The lowest BCUT2D eigenvalue weighted by atomic mass is 9.87. The van der Waals surface area contributed by atoms with E-state index in [9.17, 15) is 9.59 Å². The maximum atomic E-state index is 12.4. The van der Waals surface area contributed by atoms with Crippen molar-refractivity contribution in [2.75, 3.05) is 19.6 Å². The Morgan fingerprint density at radius 3 is 2.50 bits per heavy atom. The molecule has 1 saturated carbocycles. The van der Waals surface area contributed by atoms with Gasteiger partial charge in [0.05, 0.1) is 6.54 Å². The van der Waals surface area contributed by atoms with Crippen LogP contribution in [0.3, 0.4) is 0 Å². The first-order valence-electron chi connectivity index (χ1n) is 9.70. The summed E-state index contributed by atoms with van der Waals surface area (Å²) in [6, 6.07) is 0. The van der Waals surface area contributed by atoms with Gasteiger partial charge in [-0.05, 0) is 43.8 Å². The lowest BCUT2D eigenvalue weighted by Crippen LogP contribution is -2.44. The Kier molecular flexibility index (Phi) is 6.45. The van der Waals surface area contributed by atoms with E-state index >= 15 is 0 Å². The van der Waals surface area contributed by atoms with Crippen LogP contribution < -0.4 is 5.32 Å². The lowest BCUT2D eigenvalue weighted by Gasteiger charge is -2.31. The highest BCUT2D eigenvalue weighted by atomic mass is 32.1. The van der Waals surface area contributed by atoms with Crippen molar-refractivity contribution in [3.8, 4) is 0 Å². The molecule has 7 nitrogen and oxygen atoms in total. The van der Waals surface area contributed by atoms with Crippen LogP contribution in [0.1, 0.15) is 63.1 Å². The van der Waals surface area contributed by atoms with E-state index in [-0.39, 0.29) is 18.4 Å². The molecule has 8 heteroatoms. The van der Waals surface area contributed by atoms with E-state index in [1.165, 1.54) is 19.3 Å². The minimum atomic E-state index is 0.0100. The number of aromatic nitrogens is 3. The van der Waals surface area contributed by atoms with Crippen molar-refractivity contribution in [3.63, 3.8) is 0 Å². The number of rotatable bonds is 5. The third kappa shape index (κ3) is 4.72. The number of hydrogen-bond acceptors (Lipinski definition) is 4. The average molecular weight is 380 g/mol. The van der Waals surface area contributed by atoms with Gasteiger partial charge in [0.15, 0.2) is 4.77 Å². The Hall–Kier alpha value is -1.70. The molecule has 1 aliphatic heterocycles. The maximum Gasteiger partial charge on any atom is 0.241 e. The van der Waals surface area contributed by atoms with Gasteiger partial charge in [0.25, 0.3) is 0 Å². The van der Waals surface area contributed by atoms with Gasteiger partial charge in [0, 0.05) is 32.5 Å². The number of amides is 2. The van der Waals surface area contributed by atoms with Crippen LogP contribution >= 0.6 is 12.2 Å². The molecule has 0 aromatic carbocycles. The molecule has 1 aromatic rings. The van der Waals surface area contributed by atoms with E-state index in [0.717, 1.165) is 31.5 Å². The van der Waals surface area contributed by atoms with Gasteiger partial charge < -0.3 is 14.8 Å². The summed E-state index contributed by atoms with van der Waals surface area (Å²) < 4.78 is 2.53. The largest absolute Gasteiger partial charge is 0.347 e. The first-order chi connectivity index (χ1) is 12.5. The summed E-state index contributed by atoms with van der Waals surface area (Å²) in [5.41, 5.74) is 0. The SMILES string of the molecule is Cn1c(C2CCN(C(=O)CNC(=O)CC3CCCCC3)CC2)n[nH]c1=S. The highest BCUT2D eigenvalue weighted by Gasteiger charge is 2.26. The molecule has 1 aliphatic carbocycles. The van der Waals surface area contributed by atoms with Gasteiger partial charge in [-0.3, -0.25) is 14.7 Å². The Labute approximate surface area is 159 Å². The summed E-state index contributed by atoms with van der Waals surface area (Å²) in [6.07, 6.45) is 8.34. The molecule has 2 fully saturated rings. The Balaban J connectivity index is 1.40. The van der Waals surface area contributed by atoms with Gasteiger partial charge in [-0.15, -0.1) is 0 Å². The fraction of sp³-hybridized carbons (Fsp3) is 0.778. The summed E-state index contributed by atoms with van der Waals surface area (Å²) in [7, 11) is 1.92. The second-order valence-electron chi connectivity index (χ2n) is 7.59. The van der Waals surface area contributed by atoms with Crippen molar-refractivity contribution in [1.29, 1.82) is 0 Å². The molecule has 3 rings (SSSR count). The predicted molar refractivity (Wildman–Crippen MR) is 101 cm³/mol. The molecule has 2 N–H and O–H groups in total. The topological polar surface area (TPSA) is 83.0 Å². The monoisotopic (exact) mass is 379 g/mol. The third-order valence-electron chi connectivity index (χ3n) is 5.76. The van der Waals surface area contributed by atoms with Crippen LogP contribution in [0, 0.1) is 10.7 Å². The summed E-state index contributed by atoms with van der Waals surface area (Å²) in [6.45, 7) is 1.51. The van der Waals surface area contributed by atoms with Crippen molar-refractivity contribution in [2.45, 2.75) is 57.3 Å². The Morgan fingerprint density at radius 2 is 1.88 bits per heavy atom. The molecule has 0 bridgehead atoms. The van der Waals surface area contributed by atoms with E-state index in [1.807, 2.05) is 16.5 Å². The first kappa shape index (κ1) is 19.1. The van der Waals surface area contributed by atoms with Gasteiger partial charge in [-0.25, -0.2) is 0 Å². The van der Waals surface area contributed by atoms with E-state index < -0.39 is 0 Å². The van der Waals surface area contributed by atoms with Crippen molar-refractivity contribution in [2.24, 2.45) is 13.0 Å². The second kappa shape index (κ2) is 8.79. The van der Waals surface area contributed by atoms with Gasteiger partial charge >= 0.3 is 0 Å². The highest BCUT2D eigenvalue weighted by Crippen LogP contribution is 2.27. The van der Waals surface area contributed by atoms with Crippen LogP contribution in [0.4, 0.5) is 0 Å². The van der Waals surface area contributed by atoms with Gasteiger partial charge in [0.2, 0.25) is 11.8 Å². The first-order valence-corrected chi connectivity index (χ1v) is 10.1. The molecule has 1 aromatic heterocycles. The van der Waals surface area contributed by atoms with Crippen LogP contribution in [0.25, 0.3) is 0 Å². The van der Waals surface area contributed by atoms with Crippen LogP contribution in [-0.4, -0.2) is 51.1 Å². The molecule has 1 saturated heterocycles. The molecule has 26 heavy (non-hydrogen) atoms. The number of H-pyrrole nitrogens is 1. The van der Waals surface area contributed by atoms with E-state index in [0.29, 0.717) is 36.1 Å². The number of nitrogens with zero attached hydrogens (tertiary/aromatic N) is 3. The lowest BCUT2D eigenvalue weighted by molar-refractivity contribution is -0.134. The van der Waals surface area contributed by atoms with Gasteiger partial charge in [-0.2, -0.15) is 5.10 Å². The zero-order valence-electron chi connectivity index (χ0n) is 15.5.